The van der Waals surface area contributed by atoms with Gasteiger partial charge in [0.2, 0.25) is 5.91 Å². The number of ether oxygens (including phenoxy) is 2. The number of nitrogens with zero attached hydrogens (tertiary/aromatic N) is 3. The number of benzene rings is 2. The average Bonchev–Trinajstić information content (AvgIpc) is 3.22. The minimum Gasteiger partial charge on any atom is -0.493 e. The lowest BCUT2D eigenvalue weighted by Gasteiger charge is -2.23. The zero-order chi connectivity index (χ0) is 24.2. The van der Waals surface area contributed by atoms with Crippen LogP contribution in [0.1, 0.15) is 12.0 Å². The van der Waals surface area contributed by atoms with Crippen LogP contribution in [-0.4, -0.2) is 64.8 Å². The van der Waals surface area contributed by atoms with E-state index in [0.717, 1.165) is 16.9 Å². The summed E-state index contributed by atoms with van der Waals surface area (Å²) in [5, 5.41) is 19.8. The molecule has 6 bridgehead atoms. The maximum atomic E-state index is 12.9. The van der Waals surface area contributed by atoms with Crippen molar-refractivity contribution in [3.05, 3.63) is 60.4 Å². The first-order valence-electron chi connectivity index (χ1n) is 11.5. The van der Waals surface area contributed by atoms with Crippen molar-refractivity contribution < 1.29 is 19.4 Å². The van der Waals surface area contributed by atoms with E-state index in [4.69, 9.17) is 9.47 Å². The number of amides is 1. The maximum absolute atomic E-state index is 12.9. The topological polar surface area (TPSA) is 121 Å². The van der Waals surface area contributed by atoms with Gasteiger partial charge in [-0.1, -0.05) is 12.1 Å². The Hall–Kier alpha value is -3.89. The number of aliphatic hydroxyl groups is 1. The molecule has 5 rings (SSSR count). The van der Waals surface area contributed by atoms with Crippen LogP contribution >= 0.6 is 0 Å². The Kier molecular flexibility index (Phi) is 6.64. The van der Waals surface area contributed by atoms with Crippen molar-refractivity contribution in [3.63, 3.8) is 0 Å². The van der Waals surface area contributed by atoms with Crippen molar-refractivity contribution in [2.45, 2.75) is 25.1 Å². The van der Waals surface area contributed by atoms with E-state index in [1.54, 1.807) is 7.11 Å². The minimum atomic E-state index is -0.542. The first-order valence-corrected chi connectivity index (χ1v) is 11.5. The van der Waals surface area contributed by atoms with Gasteiger partial charge in [-0.3, -0.25) is 9.69 Å². The lowest BCUT2D eigenvalue weighted by molar-refractivity contribution is -0.125. The number of nitrogens with one attached hydrogen (secondary N) is 3. The normalized spacial score (nSPS) is 20.6. The van der Waals surface area contributed by atoms with E-state index in [1.807, 2.05) is 53.4 Å². The zero-order valence-electron chi connectivity index (χ0n) is 19.4. The highest BCUT2D eigenvalue weighted by atomic mass is 16.5. The molecule has 0 unspecified atom stereocenters. The molecule has 0 spiro atoms. The molecule has 10 nitrogen and oxygen atoms in total. The number of anilines is 4. The molecule has 1 saturated heterocycles. The Balaban J connectivity index is 1.46. The first kappa shape index (κ1) is 22.9. The van der Waals surface area contributed by atoms with Gasteiger partial charge in [-0.15, -0.1) is 0 Å². The third kappa shape index (κ3) is 5.44. The molecule has 3 aromatic rings. The molecule has 3 heterocycles. The van der Waals surface area contributed by atoms with Crippen molar-refractivity contribution in [1.82, 2.24) is 20.2 Å². The molecule has 2 aliphatic rings. The number of aliphatic hydroxyl groups excluding tert-OH is 1. The minimum absolute atomic E-state index is 0.119. The molecule has 1 amide bonds. The van der Waals surface area contributed by atoms with Crippen molar-refractivity contribution in [1.29, 1.82) is 0 Å². The van der Waals surface area contributed by atoms with Crippen LogP contribution in [0.15, 0.2) is 54.9 Å². The van der Waals surface area contributed by atoms with Gasteiger partial charge in [-0.2, -0.15) is 0 Å². The van der Waals surface area contributed by atoms with E-state index in [-0.39, 0.29) is 12.5 Å². The molecule has 4 N–H and O–H groups in total. The van der Waals surface area contributed by atoms with Crippen LogP contribution in [0.25, 0.3) is 0 Å². The standard InChI is InChI=1S/C25H28N6O4/c1-34-21-6-5-18-10-22(21)35-8-7-26-25(33)20-11-19(32)14-31(20)13-16-3-2-4-17(9-16)29-23-12-24(30-18)28-15-27-23/h2-6,9-10,12,15,19-20,32H,7-8,11,13-14H2,1H3,(H,26,33)(H2,27,28,29,30)/t19-,20-/m1/s1. The largest absolute Gasteiger partial charge is 0.493 e. The van der Waals surface area contributed by atoms with Gasteiger partial charge in [-0.05, 0) is 36.2 Å². The zero-order valence-corrected chi connectivity index (χ0v) is 19.4. The predicted octanol–water partition coefficient (Wildman–Crippen LogP) is 2.42. The van der Waals surface area contributed by atoms with Crippen LogP contribution in [0.5, 0.6) is 11.5 Å². The fraction of sp³-hybridized carbons (Fsp3) is 0.320. The average molecular weight is 477 g/mol. The molecule has 0 saturated carbocycles. The summed E-state index contributed by atoms with van der Waals surface area (Å²) >= 11 is 0. The predicted molar refractivity (Wildman–Crippen MR) is 131 cm³/mol. The van der Waals surface area contributed by atoms with Crippen molar-refractivity contribution in [2.75, 3.05) is 37.4 Å². The third-order valence-corrected chi connectivity index (χ3v) is 6.03. The number of rotatable bonds is 1. The number of methoxy groups -OCH3 is 1. The molecule has 2 atom stereocenters. The quantitative estimate of drug-likeness (QED) is 0.420. The van der Waals surface area contributed by atoms with Crippen molar-refractivity contribution in [2.24, 2.45) is 0 Å². The highest BCUT2D eigenvalue weighted by Crippen LogP contribution is 2.31. The van der Waals surface area contributed by atoms with Crippen LogP contribution in [0.4, 0.5) is 23.0 Å². The number of aromatic nitrogens is 2. The second-order valence-corrected chi connectivity index (χ2v) is 8.58. The van der Waals surface area contributed by atoms with Gasteiger partial charge in [0.15, 0.2) is 11.5 Å². The lowest BCUT2D eigenvalue weighted by Crippen LogP contribution is -2.44. The van der Waals surface area contributed by atoms with E-state index in [0.29, 0.717) is 49.2 Å². The molecule has 0 radical (unpaired) electrons. The van der Waals surface area contributed by atoms with E-state index < -0.39 is 12.1 Å². The highest BCUT2D eigenvalue weighted by molar-refractivity contribution is 5.82. The van der Waals surface area contributed by atoms with Crippen LogP contribution < -0.4 is 25.4 Å². The van der Waals surface area contributed by atoms with Gasteiger partial charge in [0, 0.05) is 36.6 Å². The van der Waals surface area contributed by atoms with Gasteiger partial charge in [0.05, 0.1) is 25.8 Å². The number of hydrogen-bond donors (Lipinski definition) is 4. The molecule has 10 heteroatoms. The van der Waals surface area contributed by atoms with E-state index in [1.165, 1.54) is 6.33 Å². The Labute approximate surface area is 203 Å². The Morgan fingerprint density at radius 1 is 1.09 bits per heavy atom. The Morgan fingerprint density at radius 3 is 2.69 bits per heavy atom. The molecule has 2 aromatic carbocycles. The van der Waals surface area contributed by atoms with Gasteiger partial charge in [0.25, 0.3) is 0 Å². The summed E-state index contributed by atoms with van der Waals surface area (Å²) in [5.74, 6) is 2.27. The van der Waals surface area contributed by atoms with Crippen molar-refractivity contribution >= 4 is 28.9 Å². The fourth-order valence-electron chi connectivity index (χ4n) is 4.42. The van der Waals surface area contributed by atoms with Gasteiger partial charge in [-0.25, -0.2) is 9.97 Å². The van der Waals surface area contributed by atoms with Crippen LogP contribution in [0.2, 0.25) is 0 Å². The van der Waals surface area contributed by atoms with Crippen LogP contribution in [0, 0.1) is 0 Å². The molecule has 182 valence electrons. The maximum Gasteiger partial charge on any atom is 0.237 e. The van der Waals surface area contributed by atoms with E-state index in [9.17, 15) is 9.90 Å². The molecular formula is C25H28N6O4. The number of fused-ring (bicyclic) bond motifs is 7. The molecule has 2 aliphatic heterocycles. The summed E-state index contributed by atoms with van der Waals surface area (Å²) in [7, 11) is 1.58. The summed E-state index contributed by atoms with van der Waals surface area (Å²) in [6.45, 7) is 1.58. The Morgan fingerprint density at radius 2 is 1.89 bits per heavy atom. The summed E-state index contributed by atoms with van der Waals surface area (Å²) < 4.78 is 11.3. The smallest absolute Gasteiger partial charge is 0.237 e. The summed E-state index contributed by atoms with van der Waals surface area (Å²) in [6, 6.07) is 14.9. The second-order valence-electron chi connectivity index (χ2n) is 8.58. The number of carbonyl (C=O) groups is 1. The second kappa shape index (κ2) is 10.2. The van der Waals surface area contributed by atoms with Gasteiger partial charge < -0.3 is 30.5 Å². The highest BCUT2D eigenvalue weighted by Gasteiger charge is 2.35. The number of carbonyl (C=O) groups excluding carboxylic acids is 1. The van der Waals surface area contributed by atoms with Crippen molar-refractivity contribution in [3.8, 4) is 11.5 Å². The molecule has 35 heavy (non-hydrogen) atoms. The Bertz CT molecular complexity index is 1210. The van der Waals surface area contributed by atoms with Crippen LogP contribution in [-0.2, 0) is 11.3 Å². The lowest BCUT2D eigenvalue weighted by atomic mass is 10.1. The van der Waals surface area contributed by atoms with E-state index >= 15 is 0 Å². The molecular weight excluding hydrogens is 448 g/mol. The summed E-state index contributed by atoms with van der Waals surface area (Å²) in [4.78, 5) is 23.6. The SMILES string of the molecule is COc1ccc2cc1OCCNC(=O)[C@H]1C[C@@H](O)CN1Cc1cccc(c1)Nc1cc(ncn1)N2. The fourth-order valence-corrected chi connectivity index (χ4v) is 4.42. The molecule has 1 fully saturated rings. The summed E-state index contributed by atoms with van der Waals surface area (Å²) in [6.07, 6.45) is 1.35. The van der Waals surface area contributed by atoms with Gasteiger partial charge in [0.1, 0.15) is 24.6 Å². The van der Waals surface area contributed by atoms with Gasteiger partial charge >= 0.3 is 0 Å². The number of hydrogen-bond acceptors (Lipinski definition) is 9. The molecule has 1 aromatic heterocycles. The molecule has 0 aliphatic carbocycles. The van der Waals surface area contributed by atoms with E-state index in [2.05, 4.69) is 25.9 Å². The third-order valence-electron chi connectivity index (χ3n) is 6.03. The monoisotopic (exact) mass is 476 g/mol. The first-order chi connectivity index (χ1) is 17.1. The van der Waals surface area contributed by atoms with Crippen LogP contribution in [0.3, 0.4) is 0 Å². The summed E-state index contributed by atoms with van der Waals surface area (Å²) in [5.41, 5.74) is 2.66.